The molecule has 0 heterocycles. The van der Waals surface area contributed by atoms with Crippen LogP contribution in [0.2, 0.25) is 0 Å². The molecule has 2 nitrogen and oxygen atoms in total. The molecular weight excluding hydrogens is 162 g/mol. The number of rotatable bonds is 3. The van der Waals surface area contributed by atoms with Gasteiger partial charge in [0, 0.05) is 12.0 Å². The maximum atomic E-state index is 10.1. The largest absolute Gasteiger partial charge is 0.392 e. The first-order valence-corrected chi connectivity index (χ1v) is 5.11. The van der Waals surface area contributed by atoms with E-state index in [0.29, 0.717) is 5.92 Å². The first kappa shape index (κ1) is 12.9. The minimum Gasteiger partial charge on any atom is -0.392 e. The summed E-state index contributed by atoms with van der Waals surface area (Å²) in [6, 6.07) is 0.0502. The van der Waals surface area contributed by atoms with Gasteiger partial charge in [-0.1, -0.05) is 34.6 Å². The van der Waals surface area contributed by atoms with Gasteiger partial charge in [0.2, 0.25) is 0 Å². The zero-order chi connectivity index (χ0) is 10.8. The average Bonchev–Trinajstić information content (AvgIpc) is 1.82. The highest BCUT2D eigenvalue weighted by Gasteiger charge is 2.34. The Kier molecular flexibility index (Phi) is 4.40. The van der Waals surface area contributed by atoms with Gasteiger partial charge in [-0.2, -0.15) is 0 Å². The lowest BCUT2D eigenvalue weighted by molar-refractivity contribution is -0.0138. The third-order valence-electron chi connectivity index (χ3n) is 2.63. The second kappa shape index (κ2) is 4.43. The molecule has 0 radical (unpaired) electrons. The molecule has 0 aliphatic rings. The van der Waals surface area contributed by atoms with Crippen molar-refractivity contribution in [1.82, 2.24) is 0 Å². The lowest BCUT2D eigenvalue weighted by Gasteiger charge is -2.37. The van der Waals surface area contributed by atoms with Crippen LogP contribution in [0, 0.1) is 17.3 Å². The molecular formula is C11H25NO. The zero-order valence-electron chi connectivity index (χ0n) is 9.83. The van der Waals surface area contributed by atoms with Crippen LogP contribution in [0.3, 0.4) is 0 Å². The van der Waals surface area contributed by atoms with Crippen molar-refractivity contribution in [1.29, 1.82) is 0 Å². The molecule has 0 amide bonds. The average molecular weight is 187 g/mol. The summed E-state index contributed by atoms with van der Waals surface area (Å²) in [5, 5.41) is 10.1. The summed E-state index contributed by atoms with van der Waals surface area (Å²) in [6.45, 7) is 12.4. The topological polar surface area (TPSA) is 46.2 Å². The fraction of sp³-hybridized carbons (Fsp3) is 1.00. The monoisotopic (exact) mass is 187 g/mol. The van der Waals surface area contributed by atoms with Crippen molar-refractivity contribution in [2.45, 2.75) is 53.7 Å². The van der Waals surface area contributed by atoms with Crippen LogP contribution in [0.4, 0.5) is 0 Å². The summed E-state index contributed by atoms with van der Waals surface area (Å²) in [5.74, 6) is 0.606. The Balaban J connectivity index is 4.56. The lowest BCUT2D eigenvalue weighted by atomic mass is 9.74. The van der Waals surface area contributed by atoms with Gasteiger partial charge in [-0.05, 0) is 18.3 Å². The first-order chi connectivity index (χ1) is 5.68. The molecule has 0 aromatic rings. The smallest absolute Gasteiger partial charge is 0.0633 e. The van der Waals surface area contributed by atoms with E-state index >= 15 is 0 Å². The summed E-state index contributed by atoms with van der Waals surface area (Å²) in [4.78, 5) is 0. The van der Waals surface area contributed by atoms with E-state index in [1.165, 1.54) is 0 Å². The Morgan fingerprint density at radius 1 is 1.08 bits per heavy atom. The molecule has 2 heteroatoms. The van der Waals surface area contributed by atoms with E-state index in [1.54, 1.807) is 0 Å². The quantitative estimate of drug-likeness (QED) is 0.710. The van der Waals surface area contributed by atoms with Gasteiger partial charge in [0.05, 0.1) is 6.10 Å². The van der Waals surface area contributed by atoms with E-state index < -0.39 is 0 Å². The van der Waals surface area contributed by atoms with Gasteiger partial charge in [-0.15, -0.1) is 0 Å². The van der Waals surface area contributed by atoms with E-state index in [4.69, 9.17) is 5.73 Å². The second-order valence-corrected chi connectivity index (χ2v) is 5.49. The summed E-state index contributed by atoms with van der Waals surface area (Å²) in [6.07, 6.45) is -0.326. The van der Waals surface area contributed by atoms with Crippen molar-refractivity contribution in [2.24, 2.45) is 23.0 Å². The zero-order valence-corrected chi connectivity index (χ0v) is 9.83. The van der Waals surface area contributed by atoms with Gasteiger partial charge < -0.3 is 10.8 Å². The van der Waals surface area contributed by atoms with Crippen molar-refractivity contribution in [3.63, 3.8) is 0 Å². The van der Waals surface area contributed by atoms with Crippen molar-refractivity contribution in [3.05, 3.63) is 0 Å². The fourth-order valence-corrected chi connectivity index (χ4v) is 1.84. The van der Waals surface area contributed by atoms with E-state index in [9.17, 15) is 5.11 Å². The Morgan fingerprint density at radius 2 is 1.46 bits per heavy atom. The highest BCUT2D eigenvalue weighted by Crippen LogP contribution is 2.30. The van der Waals surface area contributed by atoms with E-state index in [0.717, 1.165) is 0 Å². The third kappa shape index (κ3) is 3.65. The van der Waals surface area contributed by atoms with Crippen LogP contribution in [0.15, 0.2) is 0 Å². The Hall–Kier alpha value is -0.0800. The molecule has 3 atom stereocenters. The van der Waals surface area contributed by atoms with Crippen molar-refractivity contribution >= 4 is 0 Å². The molecule has 13 heavy (non-hydrogen) atoms. The highest BCUT2D eigenvalue weighted by molar-refractivity contribution is 4.86. The maximum Gasteiger partial charge on any atom is 0.0633 e. The van der Waals surface area contributed by atoms with Crippen molar-refractivity contribution in [2.75, 3.05) is 0 Å². The molecule has 0 fully saturated rings. The van der Waals surface area contributed by atoms with Crippen molar-refractivity contribution in [3.8, 4) is 0 Å². The third-order valence-corrected chi connectivity index (χ3v) is 2.63. The van der Waals surface area contributed by atoms with Gasteiger partial charge in [0.25, 0.3) is 0 Å². The fourth-order valence-electron chi connectivity index (χ4n) is 1.84. The maximum absolute atomic E-state index is 10.1. The van der Waals surface area contributed by atoms with Crippen LogP contribution in [-0.4, -0.2) is 17.3 Å². The number of aliphatic hydroxyl groups excluding tert-OH is 1. The summed E-state index contributed by atoms with van der Waals surface area (Å²) >= 11 is 0. The van der Waals surface area contributed by atoms with E-state index in [2.05, 4.69) is 34.6 Å². The van der Waals surface area contributed by atoms with Gasteiger partial charge in [0.1, 0.15) is 0 Å². The SMILES string of the molecule is CC(C)C(C(C)N)C(O)C(C)(C)C. The molecule has 0 aromatic carbocycles. The van der Waals surface area contributed by atoms with E-state index in [1.807, 2.05) is 6.92 Å². The van der Waals surface area contributed by atoms with Gasteiger partial charge >= 0.3 is 0 Å². The minimum absolute atomic E-state index is 0.0502. The molecule has 0 aliphatic carbocycles. The number of aliphatic hydroxyl groups is 1. The van der Waals surface area contributed by atoms with Gasteiger partial charge in [0.15, 0.2) is 0 Å². The Bertz CT molecular complexity index is 139. The molecule has 0 aromatic heterocycles. The standard InChI is InChI=1S/C11H25NO/c1-7(2)9(8(3)12)10(13)11(4,5)6/h7-10,13H,12H2,1-6H3. The summed E-state index contributed by atoms with van der Waals surface area (Å²) in [7, 11) is 0. The molecule has 0 spiro atoms. The van der Waals surface area contributed by atoms with Crippen LogP contribution in [0.25, 0.3) is 0 Å². The highest BCUT2D eigenvalue weighted by atomic mass is 16.3. The molecule has 80 valence electrons. The normalized spacial score (nSPS) is 20.1. The summed E-state index contributed by atoms with van der Waals surface area (Å²) < 4.78 is 0. The molecule has 3 unspecified atom stereocenters. The molecule has 0 aliphatic heterocycles. The second-order valence-electron chi connectivity index (χ2n) is 5.49. The van der Waals surface area contributed by atoms with Crippen LogP contribution < -0.4 is 5.73 Å². The predicted octanol–water partition coefficient (Wildman–Crippen LogP) is 2.01. The number of nitrogens with two attached hydrogens (primary N) is 1. The van der Waals surface area contributed by atoms with Crippen LogP contribution in [-0.2, 0) is 0 Å². The Labute approximate surface area is 82.5 Å². The molecule has 0 saturated carbocycles. The molecule has 0 saturated heterocycles. The lowest BCUT2D eigenvalue weighted by Crippen LogP contribution is -2.45. The summed E-state index contributed by atoms with van der Waals surface area (Å²) in [5.41, 5.74) is 5.79. The first-order valence-electron chi connectivity index (χ1n) is 5.11. The van der Waals surface area contributed by atoms with Crippen LogP contribution >= 0.6 is 0 Å². The molecule has 0 rings (SSSR count). The minimum atomic E-state index is -0.326. The number of hydrogen-bond donors (Lipinski definition) is 2. The molecule has 3 N–H and O–H groups in total. The van der Waals surface area contributed by atoms with Gasteiger partial charge in [-0.3, -0.25) is 0 Å². The van der Waals surface area contributed by atoms with Crippen LogP contribution in [0.1, 0.15) is 41.5 Å². The van der Waals surface area contributed by atoms with Crippen molar-refractivity contribution < 1.29 is 5.11 Å². The Morgan fingerprint density at radius 3 is 1.54 bits per heavy atom. The van der Waals surface area contributed by atoms with Gasteiger partial charge in [-0.25, -0.2) is 0 Å². The predicted molar refractivity (Wildman–Crippen MR) is 57.4 cm³/mol. The van der Waals surface area contributed by atoms with Crippen LogP contribution in [0.5, 0.6) is 0 Å². The number of hydrogen-bond acceptors (Lipinski definition) is 2. The molecule has 0 bridgehead atoms. The van der Waals surface area contributed by atoms with E-state index in [-0.39, 0.29) is 23.5 Å².